The van der Waals surface area contributed by atoms with Gasteiger partial charge >= 0.3 is 29.9 Å². The first kappa shape index (κ1) is 37.8. The van der Waals surface area contributed by atoms with Crippen molar-refractivity contribution in [1.82, 2.24) is 26.6 Å². The van der Waals surface area contributed by atoms with Gasteiger partial charge in [0, 0.05) is 38.3 Å². The van der Waals surface area contributed by atoms with Crippen LogP contribution in [0.2, 0.25) is 0 Å². The summed E-state index contributed by atoms with van der Waals surface area (Å²) in [6.45, 7) is 1.59. The zero-order valence-corrected chi connectivity index (χ0v) is 24.6. The molecule has 5 amide bonds. The van der Waals surface area contributed by atoms with E-state index in [9.17, 15) is 48.6 Å². The number of aliphatic carboxylic acids is 4. The number of rotatable bonds is 21. The number of hydrogen-bond donors (Lipinski definition) is 9. The number of benzene rings is 1. The molecule has 1 rings (SSSR count). The summed E-state index contributed by atoms with van der Waals surface area (Å²) in [6, 6.07) is 3.62. The Bertz CT molecular complexity index is 1210. The lowest BCUT2D eigenvalue weighted by atomic mass is 9.99. The van der Waals surface area contributed by atoms with E-state index >= 15 is 0 Å². The molecule has 0 aliphatic carbocycles. The van der Waals surface area contributed by atoms with Crippen molar-refractivity contribution in [2.24, 2.45) is 5.92 Å². The summed E-state index contributed by atoms with van der Waals surface area (Å²) in [7, 11) is 0. The van der Waals surface area contributed by atoms with Crippen molar-refractivity contribution in [1.29, 1.82) is 0 Å². The van der Waals surface area contributed by atoms with Gasteiger partial charge in [0.05, 0.1) is 0 Å². The third kappa shape index (κ3) is 16.3. The quantitative estimate of drug-likeness (QED) is 0.0757. The normalized spacial score (nSPS) is 13.2. The number of nitrogens with one attached hydrogen (secondary N) is 5. The standard InChI is InChI=1S/C28H39N5O12/c1-16(15-17-5-3-2-4-6-17)24(38)31-18(25(39)40)7-10-21(34)29-13-14-30-22(35)11-8-19(26(41)42)32-28(45)33-20(27(43)44)9-12-23(36)37/h2-6,16,18-20H,7-15H2,1H3,(H,29,34)(H,30,35)(H,31,38)(H,36,37)(H,39,40)(H,41,42)(H,43,44)(H2,32,33,45)/t16?,18-,19+,20+/m1/s1. The van der Waals surface area contributed by atoms with Crippen LogP contribution in [0, 0.1) is 5.92 Å². The molecule has 1 unspecified atom stereocenters. The van der Waals surface area contributed by atoms with Gasteiger partial charge in [-0.3, -0.25) is 19.2 Å². The van der Waals surface area contributed by atoms with Crippen LogP contribution in [-0.2, 0) is 40.0 Å². The lowest BCUT2D eigenvalue weighted by molar-refractivity contribution is -0.143. The summed E-state index contributed by atoms with van der Waals surface area (Å²) in [5, 5.41) is 47.9. The molecule has 4 atom stereocenters. The number of carboxylic acid groups (broad SMARTS) is 4. The average molecular weight is 638 g/mol. The predicted octanol–water partition coefficient (Wildman–Crippen LogP) is -0.702. The highest BCUT2D eigenvalue weighted by Crippen LogP contribution is 2.10. The molecule has 0 aromatic heterocycles. The molecule has 0 radical (unpaired) electrons. The van der Waals surface area contributed by atoms with Crippen LogP contribution < -0.4 is 26.6 Å². The Morgan fingerprint density at radius 1 is 0.622 bits per heavy atom. The van der Waals surface area contributed by atoms with E-state index in [-0.39, 0.29) is 38.8 Å². The molecular weight excluding hydrogens is 598 g/mol. The van der Waals surface area contributed by atoms with Crippen molar-refractivity contribution in [2.45, 2.75) is 70.0 Å². The van der Waals surface area contributed by atoms with Crippen LogP contribution in [0.25, 0.3) is 0 Å². The Kier molecular flexibility index (Phi) is 16.7. The van der Waals surface area contributed by atoms with Gasteiger partial charge in [-0.05, 0) is 31.2 Å². The number of carbonyl (C=O) groups excluding carboxylic acids is 4. The minimum atomic E-state index is -1.57. The van der Waals surface area contributed by atoms with E-state index in [1.165, 1.54) is 0 Å². The predicted molar refractivity (Wildman–Crippen MR) is 155 cm³/mol. The average Bonchev–Trinajstić information content (AvgIpc) is 2.97. The van der Waals surface area contributed by atoms with Crippen LogP contribution in [0.4, 0.5) is 4.79 Å². The molecule has 1 aromatic carbocycles. The Labute approximate surface area is 258 Å². The highest BCUT2D eigenvalue weighted by molar-refractivity contribution is 5.87. The summed E-state index contributed by atoms with van der Waals surface area (Å²) in [5.74, 6) is -7.67. The second-order valence-corrected chi connectivity index (χ2v) is 10.1. The Morgan fingerprint density at radius 3 is 1.47 bits per heavy atom. The van der Waals surface area contributed by atoms with E-state index in [1.807, 2.05) is 41.0 Å². The summed E-state index contributed by atoms with van der Waals surface area (Å²) < 4.78 is 0. The van der Waals surface area contributed by atoms with Gasteiger partial charge in [0.2, 0.25) is 17.7 Å². The molecular formula is C28H39N5O12. The van der Waals surface area contributed by atoms with Crippen LogP contribution in [0.1, 0.15) is 51.0 Å². The largest absolute Gasteiger partial charge is 0.481 e. The van der Waals surface area contributed by atoms with E-state index in [0.29, 0.717) is 6.42 Å². The Hall–Kier alpha value is -5.22. The minimum Gasteiger partial charge on any atom is -0.481 e. The molecule has 0 heterocycles. The summed E-state index contributed by atoms with van der Waals surface area (Å²) in [4.78, 5) is 93.6. The zero-order valence-electron chi connectivity index (χ0n) is 24.6. The van der Waals surface area contributed by atoms with Crippen molar-refractivity contribution < 1.29 is 58.8 Å². The molecule has 1 aromatic rings. The lowest BCUT2D eigenvalue weighted by Gasteiger charge is -2.18. The third-order valence-corrected chi connectivity index (χ3v) is 6.39. The van der Waals surface area contributed by atoms with Crippen LogP contribution >= 0.6 is 0 Å². The molecule has 17 nitrogen and oxygen atoms in total. The third-order valence-electron chi connectivity index (χ3n) is 6.39. The second kappa shape index (κ2) is 19.9. The molecule has 0 aliphatic heterocycles. The fraction of sp³-hybridized carbons (Fsp3) is 0.500. The molecule has 0 saturated heterocycles. The fourth-order valence-electron chi connectivity index (χ4n) is 3.90. The van der Waals surface area contributed by atoms with Crippen molar-refractivity contribution in [2.75, 3.05) is 13.1 Å². The number of carboxylic acids is 4. The lowest BCUT2D eigenvalue weighted by Crippen LogP contribution is -2.51. The van der Waals surface area contributed by atoms with Crippen LogP contribution in [0.5, 0.6) is 0 Å². The summed E-state index contributed by atoms with van der Waals surface area (Å²) in [6.07, 6.45) is -1.66. The second-order valence-electron chi connectivity index (χ2n) is 10.1. The van der Waals surface area contributed by atoms with Crippen LogP contribution in [-0.4, -0.2) is 99.3 Å². The van der Waals surface area contributed by atoms with Gasteiger partial charge in [-0.1, -0.05) is 37.3 Å². The van der Waals surface area contributed by atoms with Gasteiger partial charge in [0.25, 0.3) is 0 Å². The van der Waals surface area contributed by atoms with Gasteiger partial charge in [-0.25, -0.2) is 19.2 Å². The first-order chi connectivity index (χ1) is 21.2. The molecule has 9 N–H and O–H groups in total. The Morgan fingerprint density at radius 2 is 1.04 bits per heavy atom. The maximum atomic E-state index is 12.5. The van der Waals surface area contributed by atoms with E-state index < -0.39 is 84.5 Å². The van der Waals surface area contributed by atoms with Gasteiger partial charge in [-0.2, -0.15) is 0 Å². The monoisotopic (exact) mass is 637 g/mol. The zero-order chi connectivity index (χ0) is 33.9. The van der Waals surface area contributed by atoms with Crippen molar-refractivity contribution in [3.05, 3.63) is 35.9 Å². The SMILES string of the molecule is CC(Cc1ccccc1)C(=O)N[C@H](CCC(=O)NCCNC(=O)CC[C@H](NC(=O)N[C@@H](CCC(=O)O)C(=O)O)C(=O)O)C(=O)O. The van der Waals surface area contributed by atoms with Crippen LogP contribution in [0.15, 0.2) is 30.3 Å². The Balaban J connectivity index is 2.39. The topological polar surface area (TPSA) is 278 Å². The molecule has 248 valence electrons. The molecule has 0 saturated carbocycles. The minimum absolute atomic E-state index is 0.0291. The van der Waals surface area contributed by atoms with Crippen molar-refractivity contribution in [3.8, 4) is 0 Å². The van der Waals surface area contributed by atoms with Gasteiger partial charge < -0.3 is 47.0 Å². The molecule has 0 aliphatic rings. The highest BCUT2D eigenvalue weighted by atomic mass is 16.4. The summed E-state index contributed by atoms with van der Waals surface area (Å²) in [5.41, 5.74) is 0.918. The smallest absolute Gasteiger partial charge is 0.326 e. The number of carbonyl (C=O) groups is 8. The maximum Gasteiger partial charge on any atom is 0.326 e. The molecule has 45 heavy (non-hydrogen) atoms. The molecule has 0 bridgehead atoms. The van der Waals surface area contributed by atoms with Gasteiger partial charge in [0.15, 0.2) is 0 Å². The number of urea groups is 1. The molecule has 0 spiro atoms. The van der Waals surface area contributed by atoms with E-state index in [0.717, 1.165) is 5.56 Å². The maximum absolute atomic E-state index is 12.5. The van der Waals surface area contributed by atoms with Crippen molar-refractivity contribution in [3.63, 3.8) is 0 Å². The fourth-order valence-corrected chi connectivity index (χ4v) is 3.90. The number of hydrogen-bond acceptors (Lipinski definition) is 8. The summed E-state index contributed by atoms with van der Waals surface area (Å²) >= 11 is 0. The van der Waals surface area contributed by atoms with Gasteiger partial charge in [0.1, 0.15) is 18.1 Å². The molecule has 0 fully saturated rings. The highest BCUT2D eigenvalue weighted by Gasteiger charge is 2.26. The van der Waals surface area contributed by atoms with Crippen molar-refractivity contribution >= 4 is 47.6 Å². The van der Waals surface area contributed by atoms with E-state index in [4.69, 9.17) is 10.2 Å². The van der Waals surface area contributed by atoms with Crippen LogP contribution in [0.3, 0.4) is 0 Å². The first-order valence-corrected chi connectivity index (χ1v) is 14.0. The van der Waals surface area contributed by atoms with Gasteiger partial charge in [-0.15, -0.1) is 0 Å². The van der Waals surface area contributed by atoms with E-state index in [1.54, 1.807) is 6.92 Å². The van der Waals surface area contributed by atoms with E-state index in [2.05, 4.69) is 16.0 Å². The first-order valence-electron chi connectivity index (χ1n) is 14.0. The number of amides is 5. The molecule has 17 heteroatoms.